The summed E-state index contributed by atoms with van der Waals surface area (Å²) in [4.78, 5) is 9.45. The lowest BCUT2D eigenvalue weighted by atomic mass is 10.0. The van der Waals surface area contributed by atoms with Gasteiger partial charge in [0.2, 0.25) is 0 Å². The normalized spacial score (nSPS) is 23.1. The molecular weight excluding hydrogens is 346 g/mol. The third-order valence-corrected chi connectivity index (χ3v) is 5.14. The van der Waals surface area contributed by atoms with E-state index in [0.717, 1.165) is 65.1 Å². The van der Waals surface area contributed by atoms with Crippen LogP contribution in [0.15, 0.2) is 4.99 Å². The molecule has 0 saturated carbocycles. The molecule has 2 saturated heterocycles. The average molecular weight is 386 g/mol. The van der Waals surface area contributed by atoms with Gasteiger partial charge in [-0.25, -0.2) is 0 Å². The number of hydrogen-bond donors (Lipinski definition) is 3. The molecular formula is C19H39N5O3. The van der Waals surface area contributed by atoms with Crippen molar-refractivity contribution in [1.82, 2.24) is 20.4 Å². The molecule has 27 heavy (non-hydrogen) atoms. The molecule has 2 rings (SSSR count). The van der Waals surface area contributed by atoms with Gasteiger partial charge in [0.25, 0.3) is 0 Å². The number of rotatable bonds is 8. The Kier molecular flexibility index (Phi) is 8.75. The van der Waals surface area contributed by atoms with Gasteiger partial charge >= 0.3 is 0 Å². The summed E-state index contributed by atoms with van der Waals surface area (Å²) >= 11 is 0. The van der Waals surface area contributed by atoms with Crippen molar-refractivity contribution in [1.29, 1.82) is 0 Å². The zero-order chi connectivity index (χ0) is 19.8. The molecule has 158 valence electrons. The third kappa shape index (κ3) is 7.91. The van der Waals surface area contributed by atoms with Gasteiger partial charge in [-0.05, 0) is 27.7 Å². The number of guanidine groups is 1. The molecule has 0 amide bonds. The van der Waals surface area contributed by atoms with Gasteiger partial charge in [-0.15, -0.1) is 0 Å². The van der Waals surface area contributed by atoms with Crippen molar-refractivity contribution in [2.24, 2.45) is 4.99 Å². The van der Waals surface area contributed by atoms with Crippen molar-refractivity contribution in [2.75, 3.05) is 78.8 Å². The molecule has 8 heteroatoms. The van der Waals surface area contributed by atoms with Gasteiger partial charge in [0.1, 0.15) is 0 Å². The van der Waals surface area contributed by atoms with Gasteiger partial charge in [0.15, 0.2) is 5.96 Å². The van der Waals surface area contributed by atoms with Crippen molar-refractivity contribution in [3.63, 3.8) is 0 Å². The van der Waals surface area contributed by atoms with Gasteiger partial charge in [-0.3, -0.25) is 14.8 Å². The van der Waals surface area contributed by atoms with E-state index >= 15 is 0 Å². The molecule has 3 N–H and O–H groups in total. The van der Waals surface area contributed by atoms with Crippen molar-refractivity contribution in [3.05, 3.63) is 0 Å². The van der Waals surface area contributed by atoms with Gasteiger partial charge in [-0.1, -0.05) is 0 Å². The highest BCUT2D eigenvalue weighted by atomic mass is 16.5. The summed E-state index contributed by atoms with van der Waals surface area (Å²) in [6, 6.07) is 0. The Bertz CT molecular complexity index is 458. The lowest BCUT2D eigenvalue weighted by molar-refractivity contribution is -0.0201. The van der Waals surface area contributed by atoms with Crippen LogP contribution in [0.25, 0.3) is 0 Å². The number of hydrogen-bond acceptors (Lipinski definition) is 6. The molecule has 1 atom stereocenters. The SMILES string of the molecule is CCNC(=NCC(C)(C)N1CCOCC1)NCC(C)(O)CN1CCOCC1. The zero-order valence-corrected chi connectivity index (χ0v) is 17.6. The monoisotopic (exact) mass is 385 g/mol. The fourth-order valence-electron chi connectivity index (χ4n) is 3.45. The van der Waals surface area contributed by atoms with Crippen molar-refractivity contribution >= 4 is 5.96 Å². The van der Waals surface area contributed by atoms with E-state index in [4.69, 9.17) is 14.5 Å². The number of aliphatic imine (C=N–C) groups is 1. The zero-order valence-electron chi connectivity index (χ0n) is 17.6. The number of morpholine rings is 2. The number of β-amino-alcohol motifs (C(OH)–C–C–N with tert-alkyl or cyclic N) is 1. The molecule has 0 spiro atoms. The molecule has 0 radical (unpaired) electrons. The lowest BCUT2D eigenvalue weighted by Gasteiger charge is -2.40. The Morgan fingerprint density at radius 1 is 1.00 bits per heavy atom. The Labute approximate surface area is 164 Å². The fraction of sp³-hybridized carbons (Fsp3) is 0.947. The standard InChI is InChI=1S/C19H39N5O3/c1-5-20-17(21-14-18(2,3)24-8-12-27-13-9-24)22-15-19(4,25)16-23-6-10-26-11-7-23/h25H,5-16H2,1-4H3,(H2,20,21,22). The minimum Gasteiger partial charge on any atom is -0.387 e. The summed E-state index contributed by atoms with van der Waals surface area (Å²) in [5.41, 5.74) is -0.851. The van der Waals surface area contributed by atoms with Gasteiger partial charge in [0.05, 0.1) is 38.6 Å². The second-order valence-electron chi connectivity index (χ2n) is 8.35. The highest BCUT2D eigenvalue weighted by molar-refractivity contribution is 5.79. The van der Waals surface area contributed by atoms with E-state index in [0.29, 0.717) is 19.6 Å². The van der Waals surface area contributed by atoms with Gasteiger partial charge in [0, 0.05) is 51.4 Å². The van der Waals surface area contributed by atoms with Crippen LogP contribution in [0.3, 0.4) is 0 Å². The molecule has 2 aliphatic heterocycles. The molecule has 2 heterocycles. The van der Waals surface area contributed by atoms with Crippen LogP contribution in [0.2, 0.25) is 0 Å². The molecule has 0 aromatic rings. The van der Waals surface area contributed by atoms with Crippen LogP contribution in [0.4, 0.5) is 0 Å². The van der Waals surface area contributed by atoms with Crippen molar-refractivity contribution in [2.45, 2.75) is 38.8 Å². The first-order valence-electron chi connectivity index (χ1n) is 10.2. The maximum absolute atomic E-state index is 10.8. The molecule has 0 bridgehead atoms. The van der Waals surface area contributed by atoms with E-state index in [1.807, 2.05) is 6.92 Å². The largest absolute Gasteiger partial charge is 0.387 e. The Morgan fingerprint density at radius 2 is 1.59 bits per heavy atom. The highest BCUT2D eigenvalue weighted by Gasteiger charge is 2.29. The van der Waals surface area contributed by atoms with Crippen LogP contribution in [0.1, 0.15) is 27.7 Å². The number of nitrogens with one attached hydrogen (secondary N) is 2. The second-order valence-corrected chi connectivity index (χ2v) is 8.35. The van der Waals surface area contributed by atoms with Crippen LogP contribution in [0.5, 0.6) is 0 Å². The Morgan fingerprint density at radius 3 is 2.19 bits per heavy atom. The highest BCUT2D eigenvalue weighted by Crippen LogP contribution is 2.16. The lowest BCUT2D eigenvalue weighted by Crippen LogP contribution is -2.54. The molecule has 0 aliphatic carbocycles. The summed E-state index contributed by atoms with van der Waals surface area (Å²) in [6.07, 6.45) is 0. The summed E-state index contributed by atoms with van der Waals surface area (Å²) in [5.74, 6) is 0.751. The molecule has 2 aliphatic rings. The van der Waals surface area contributed by atoms with E-state index in [-0.39, 0.29) is 5.54 Å². The van der Waals surface area contributed by atoms with Crippen LogP contribution < -0.4 is 10.6 Å². The molecule has 0 aromatic carbocycles. The average Bonchev–Trinajstić information content (AvgIpc) is 2.65. The predicted molar refractivity (Wildman–Crippen MR) is 108 cm³/mol. The van der Waals surface area contributed by atoms with Crippen LogP contribution >= 0.6 is 0 Å². The number of nitrogens with zero attached hydrogens (tertiary/aromatic N) is 3. The Balaban J connectivity index is 1.86. The Hall–Kier alpha value is -0.930. The summed E-state index contributed by atoms with van der Waals surface area (Å²) in [7, 11) is 0. The van der Waals surface area contributed by atoms with E-state index < -0.39 is 5.60 Å². The van der Waals surface area contributed by atoms with Gasteiger partial charge < -0.3 is 25.2 Å². The number of aliphatic hydroxyl groups is 1. The van der Waals surface area contributed by atoms with Crippen molar-refractivity contribution in [3.8, 4) is 0 Å². The van der Waals surface area contributed by atoms with E-state index in [9.17, 15) is 5.11 Å². The molecule has 2 fully saturated rings. The predicted octanol–water partition coefficient (Wildman–Crippen LogP) is -0.264. The number of ether oxygens (including phenoxy) is 2. The quantitative estimate of drug-likeness (QED) is 0.392. The molecule has 1 unspecified atom stereocenters. The first-order chi connectivity index (χ1) is 12.8. The van der Waals surface area contributed by atoms with Crippen molar-refractivity contribution < 1.29 is 14.6 Å². The second kappa shape index (κ2) is 10.6. The fourth-order valence-corrected chi connectivity index (χ4v) is 3.45. The minimum absolute atomic E-state index is 0.0253. The molecule has 8 nitrogen and oxygen atoms in total. The van der Waals surface area contributed by atoms with E-state index in [1.165, 1.54) is 0 Å². The first-order valence-corrected chi connectivity index (χ1v) is 10.2. The topological polar surface area (TPSA) is 81.6 Å². The third-order valence-electron chi connectivity index (χ3n) is 5.14. The van der Waals surface area contributed by atoms with Crippen LogP contribution in [-0.4, -0.2) is 111 Å². The maximum atomic E-state index is 10.8. The first kappa shape index (κ1) is 22.4. The van der Waals surface area contributed by atoms with E-state index in [1.54, 1.807) is 0 Å². The van der Waals surface area contributed by atoms with Gasteiger partial charge in [-0.2, -0.15) is 0 Å². The smallest absolute Gasteiger partial charge is 0.191 e. The molecule has 0 aromatic heterocycles. The minimum atomic E-state index is -0.826. The summed E-state index contributed by atoms with van der Waals surface area (Å²) in [6.45, 7) is 17.6. The van der Waals surface area contributed by atoms with Crippen LogP contribution in [-0.2, 0) is 9.47 Å². The summed E-state index contributed by atoms with van der Waals surface area (Å²) in [5, 5.41) is 17.4. The van der Waals surface area contributed by atoms with Crippen LogP contribution in [0, 0.1) is 0 Å². The summed E-state index contributed by atoms with van der Waals surface area (Å²) < 4.78 is 10.8. The maximum Gasteiger partial charge on any atom is 0.191 e. The van der Waals surface area contributed by atoms with E-state index in [2.05, 4.69) is 41.2 Å².